The van der Waals surface area contributed by atoms with E-state index in [0.717, 1.165) is 42.4 Å². The fraction of sp³-hybridized carbons (Fsp3) is 0.429. The van der Waals surface area contributed by atoms with Crippen molar-refractivity contribution in [2.75, 3.05) is 0 Å². The van der Waals surface area contributed by atoms with Gasteiger partial charge in [0.15, 0.2) is 0 Å². The number of benzene rings is 1. The first-order valence-corrected chi connectivity index (χ1v) is 8.72. The molecular formula is C21H24N2O2. The number of allylic oxidation sites excluding steroid dienone is 2. The highest BCUT2D eigenvalue weighted by Gasteiger charge is 2.33. The molecule has 130 valence electrons. The molecule has 1 aliphatic rings. The van der Waals surface area contributed by atoms with E-state index in [1.54, 1.807) is 18.2 Å². The second kappa shape index (κ2) is 9.08. The van der Waals surface area contributed by atoms with E-state index in [9.17, 15) is 9.59 Å². The SMILES string of the molecule is C=CCc1c(CC2(N=C=O)CCCCC2)ccc(N=C=O)c1CC=C. The van der Waals surface area contributed by atoms with Crippen LogP contribution in [0.25, 0.3) is 0 Å². The molecule has 0 atom stereocenters. The number of rotatable bonds is 8. The van der Waals surface area contributed by atoms with Crippen LogP contribution in [0.3, 0.4) is 0 Å². The van der Waals surface area contributed by atoms with Crippen molar-refractivity contribution in [1.29, 1.82) is 0 Å². The van der Waals surface area contributed by atoms with Crippen LogP contribution < -0.4 is 0 Å². The van der Waals surface area contributed by atoms with Gasteiger partial charge in [0, 0.05) is 0 Å². The molecule has 0 aromatic heterocycles. The molecule has 0 spiro atoms. The molecular weight excluding hydrogens is 312 g/mol. The summed E-state index contributed by atoms with van der Waals surface area (Å²) in [7, 11) is 0. The Hall–Kier alpha value is -2.54. The molecule has 0 bridgehead atoms. The monoisotopic (exact) mass is 336 g/mol. The van der Waals surface area contributed by atoms with E-state index in [1.807, 2.05) is 18.2 Å². The lowest BCUT2D eigenvalue weighted by Gasteiger charge is -2.33. The summed E-state index contributed by atoms with van der Waals surface area (Å²) in [4.78, 5) is 29.8. The molecule has 0 amide bonds. The van der Waals surface area contributed by atoms with Gasteiger partial charge in [-0.25, -0.2) is 9.59 Å². The third-order valence-electron chi connectivity index (χ3n) is 4.95. The number of hydrogen-bond acceptors (Lipinski definition) is 4. The molecule has 0 heterocycles. The first-order valence-electron chi connectivity index (χ1n) is 8.72. The van der Waals surface area contributed by atoms with Crippen LogP contribution in [0.1, 0.15) is 48.8 Å². The summed E-state index contributed by atoms with van der Waals surface area (Å²) in [5.74, 6) is 0. The van der Waals surface area contributed by atoms with Crippen LogP contribution in [0, 0.1) is 0 Å². The highest BCUT2D eigenvalue weighted by molar-refractivity contribution is 5.59. The van der Waals surface area contributed by atoms with Crippen LogP contribution >= 0.6 is 0 Å². The maximum atomic E-state index is 11.0. The molecule has 1 fully saturated rings. The third kappa shape index (κ3) is 4.51. The molecule has 2 rings (SSSR count). The molecule has 25 heavy (non-hydrogen) atoms. The van der Waals surface area contributed by atoms with Gasteiger partial charge in [0.05, 0.1) is 11.2 Å². The van der Waals surface area contributed by atoms with Crippen molar-refractivity contribution in [3.63, 3.8) is 0 Å². The van der Waals surface area contributed by atoms with E-state index in [4.69, 9.17) is 0 Å². The maximum Gasteiger partial charge on any atom is 0.240 e. The maximum absolute atomic E-state index is 11.0. The Morgan fingerprint density at radius 2 is 1.68 bits per heavy atom. The van der Waals surface area contributed by atoms with E-state index >= 15 is 0 Å². The first kappa shape index (κ1) is 18.8. The van der Waals surface area contributed by atoms with Crippen molar-refractivity contribution in [2.24, 2.45) is 9.98 Å². The van der Waals surface area contributed by atoms with Crippen LogP contribution in [-0.4, -0.2) is 17.7 Å². The van der Waals surface area contributed by atoms with Gasteiger partial charge >= 0.3 is 0 Å². The molecule has 4 nitrogen and oxygen atoms in total. The smallest absolute Gasteiger partial charge is 0.211 e. The highest BCUT2D eigenvalue weighted by atomic mass is 16.1. The molecule has 1 saturated carbocycles. The van der Waals surface area contributed by atoms with Crippen LogP contribution in [0.5, 0.6) is 0 Å². The van der Waals surface area contributed by atoms with Crippen LogP contribution in [0.4, 0.5) is 5.69 Å². The number of isocyanates is 2. The van der Waals surface area contributed by atoms with Gasteiger partial charge in [-0.15, -0.1) is 13.2 Å². The van der Waals surface area contributed by atoms with E-state index < -0.39 is 0 Å². The quantitative estimate of drug-likeness (QED) is 0.393. The first-order chi connectivity index (χ1) is 12.2. The van der Waals surface area contributed by atoms with Crippen LogP contribution in [-0.2, 0) is 28.9 Å². The zero-order valence-electron chi connectivity index (χ0n) is 14.6. The molecule has 1 aromatic rings. The van der Waals surface area contributed by atoms with E-state index in [0.29, 0.717) is 24.9 Å². The molecule has 4 heteroatoms. The Bertz CT molecular complexity index is 733. The summed E-state index contributed by atoms with van der Waals surface area (Å²) in [6.07, 6.45) is 14.2. The molecule has 0 saturated heterocycles. The van der Waals surface area contributed by atoms with E-state index in [2.05, 4.69) is 23.1 Å². The van der Waals surface area contributed by atoms with E-state index in [-0.39, 0.29) is 5.54 Å². The summed E-state index contributed by atoms with van der Waals surface area (Å²) in [6.45, 7) is 7.67. The highest BCUT2D eigenvalue weighted by Crippen LogP contribution is 2.37. The fourth-order valence-corrected chi connectivity index (χ4v) is 3.81. The van der Waals surface area contributed by atoms with Gasteiger partial charge in [0.2, 0.25) is 12.2 Å². The fourth-order valence-electron chi connectivity index (χ4n) is 3.81. The molecule has 0 unspecified atom stereocenters. The minimum Gasteiger partial charge on any atom is -0.211 e. The van der Waals surface area contributed by atoms with Gasteiger partial charge in [-0.1, -0.05) is 37.5 Å². The lowest BCUT2D eigenvalue weighted by atomic mass is 9.76. The summed E-state index contributed by atoms with van der Waals surface area (Å²) >= 11 is 0. The standard InChI is InChI=1S/C21H24N2O2/c1-3-8-18-17(10-11-20(22-15-24)19(18)9-4-2)14-21(23-16-25)12-6-5-7-13-21/h3-4,10-11H,1-2,5-9,12-14H2. The zero-order chi connectivity index (χ0) is 18.1. The lowest BCUT2D eigenvalue weighted by Crippen LogP contribution is -2.32. The molecule has 0 radical (unpaired) electrons. The summed E-state index contributed by atoms with van der Waals surface area (Å²) < 4.78 is 0. The Morgan fingerprint density at radius 1 is 1.00 bits per heavy atom. The average molecular weight is 336 g/mol. The molecule has 1 aromatic carbocycles. The van der Waals surface area contributed by atoms with Crippen molar-refractivity contribution in [3.8, 4) is 0 Å². The Labute approximate surface area is 149 Å². The van der Waals surface area contributed by atoms with Crippen LogP contribution in [0.15, 0.2) is 47.4 Å². The second-order valence-electron chi connectivity index (χ2n) is 6.55. The number of carbonyl (C=O) groups excluding carboxylic acids is 2. The Morgan fingerprint density at radius 3 is 2.28 bits per heavy atom. The minimum absolute atomic E-state index is 0.364. The number of hydrogen-bond donors (Lipinski definition) is 0. The van der Waals surface area contributed by atoms with Crippen molar-refractivity contribution in [3.05, 3.63) is 54.1 Å². The van der Waals surface area contributed by atoms with Gasteiger partial charge in [-0.2, -0.15) is 9.98 Å². The topological polar surface area (TPSA) is 58.9 Å². The third-order valence-corrected chi connectivity index (χ3v) is 4.95. The summed E-state index contributed by atoms with van der Waals surface area (Å²) in [6, 6.07) is 3.82. The molecule has 0 aliphatic heterocycles. The van der Waals surface area contributed by atoms with Gasteiger partial charge < -0.3 is 0 Å². The normalized spacial score (nSPS) is 15.5. The Kier molecular flexibility index (Phi) is 6.82. The van der Waals surface area contributed by atoms with Gasteiger partial charge in [-0.3, -0.25) is 0 Å². The predicted octanol–water partition coefficient (Wildman–Crippen LogP) is 4.69. The predicted molar refractivity (Wildman–Crippen MR) is 99.7 cm³/mol. The van der Waals surface area contributed by atoms with Crippen molar-refractivity contribution >= 4 is 17.8 Å². The van der Waals surface area contributed by atoms with E-state index in [1.165, 1.54) is 6.42 Å². The number of aliphatic imine (C=N–C) groups is 2. The summed E-state index contributed by atoms with van der Waals surface area (Å²) in [5, 5.41) is 0. The zero-order valence-corrected chi connectivity index (χ0v) is 14.6. The lowest BCUT2D eigenvalue weighted by molar-refractivity contribution is 0.295. The van der Waals surface area contributed by atoms with Crippen molar-refractivity contribution in [1.82, 2.24) is 0 Å². The van der Waals surface area contributed by atoms with Gasteiger partial charge in [0.25, 0.3) is 0 Å². The van der Waals surface area contributed by atoms with Gasteiger partial charge in [-0.05, 0) is 54.9 Å². The largest absolute Gasteiger partial charge is 0.240 e. The van der Waals surface area contributed by atoms with Crippen LogP contribution in [0.2, 0.25) is 0 Å². The number of nitrogens with zero attached hydrogens (tertiary/aromatic N) is 2. The Balaban J connectivity index is 2.53. The van der Waals surface area contributed by atoms with Crippen molar-refractivity contribution in [2.45, 2.75) is 56.9 Å². The molecule has 1 aliphatic carbocycles. The second-order valence-corrected chi connectivity index (χ2v) is 6.55. The molecule has 0 N–H and O–H groups in total. The minimum atomic E-state index is -0.364. The average Bonchev–Trinajstić information content (AvgIpc) is 2.61. The van der Waals surface area contributed by atoms with Gasteiger partial charge in [0.1, 0.15) is 0 Å². The summed E-state index contributed by atoms with van der Waals surface area (Å²) in [5.41, 5.74) is 3.44. The van der Waals surface area contributed by atoms with Crippen molar-refractivity contribution < 1.29 is 9.59 Å².